The highest BCUT2D eigenvalue weighted by Gasteiger charge is 2.15. The van der Waals surface area contributed by atoms with E-state index in [1.54, 1.807) is 6.92 Å². The van der Waals surface area contributed by atoms with E-state index in [4.69, 9.17) is 16.3 Å². The molecule has 0 aliphatic carbocycles. The molecule has 25 heavy (non-hydrogen) atoms. The van der Waals surface area contributed by atoms with Crippen LogP contribution in [0.3, 0.4) is 0 Å². The number of benzene rings is 2. The number of pyridine rings is 1. The average Bonchev–Trinajstić information content (AvgIpc) is 2.59. The van der Waals surface area contributed by atoms with Gasteiger partial charge in [-0.1, -0.05) is 27.5 Å². The van der Waals surface area contributed by atoms with Crippen LogP contribution in [0.15, 0.2) is 41.0 Å². The van der Waals surface area contributed by atoms with E-state index in [2.05, 4.69) is 32.3 Å². The lowest BCUT2D eigenvalue weighted by molar-refractivity contribution is 0.340. The van der Waals surface area contributed by atoms with E-state index < -0.39 is 5.82 Å². The number of halogens is 3. The SMILES string of the molecule is CCOc1cc(F)c(Cl)cc1Nc1c(C#N)cnc2ccc(Br)cc12. The minimum Gasteiger partial charge on any atom is -0.492 e. The quantitative estimate of drug-likeness (QED) is 0.579. The number of hydrogen-bond acceptors (Lipinski definition) is 4. The summed E-state index contributed by atoms with van der Waals surface area (Å²) in [5, 5.41) is 13.3. The Morgan fingerprint density at radius 1 is 1.36 bits per heavy atom. The van der Waals surface area contributed by atoms with Crippen molar-refractivity contribution in [2.45, 2.75) is 6.92 Å². The fraction of sp³-hybridized carbons (Fsp3) is 0.111. The molecule has 0 amide bonds. The van der Waals surface area contributed by atoms with Crippen molar-refractivity contribution in [1.29, 1.82) is 5.26 Å². The number of anilines is 2. The molecule has 4 nitrogen and oxygen atoms in total. The molecular formula is C18H12BrClFN3O. The Morgan fingerprint density at radius 2 is 2.16 bits per heavy atom. The number of nitrogens with one attached hydrogen (secondary N) is 1. The molecule has 1 aromatic heterocycles. The van der Waals surface area contributed by atoms with Gasteiger partial charge >= 0.3 is 0 Å². The Kier molecular flexibility index (Phi) is 5.07. The van der Waals surface area contributed by atoms with Crippen LogP contribution in [-0.4, -0.2) is 11.6 Å². The monoisotopic (exact) mass is 419 g/mol. The number of nitriles is 1. The molecule has 0 aliphatic rings. The van der Waals surface area contributed by atoms with E-state index >= 15 is 0 Å². The van der Waals surface area contributed by atoms with Gasteiger partial charge in [0.15, 0.2) is 0 Å². The first-order chi connectivity index (χ1) is 12.0. The van der Waals surface area contributed by atoms with Gasteiger partial charge in [0.25, 0.3) is 0 Å². The standard InChI is InChI=1S/C18H12BrClFN3O/c1-2-25-17-7-14(21)13(20)6-16(17)24-18-10(8-22)9-23-15-4-3-11(19)5-12(15)18/h3-7,9H,2H2,1H3,(H,23,24). The number of fused-ring (bicyclic) bond motifs is 1. The first-order valence-electron chi connectivity index (χ1n) is 7.40. The molecule has 0 fully saturated rings. The Labute approximate surface area is 157 Å². The molecule has 2 aromatic carbocycles. The molecule has 7 heteroatoms. The minimum atomic E-state index is -0.571. The van der Waals surface area contributed by atoms with E-state index in [0.29, 0.717) is 29.3 Å². The summed E-state index contributed by atoms with van der Waals surface area (Å²) in [5.74, 6) is -0.258. The van der Waals surface area contributed by atoms with Crippen molar-refractivity contribution >= 4 is 49.8 Å². The van der Waals surface area contributed by atoms with Crippen LogP contribution in [-0.2, 0) is 0 Å². The number of rotatable bonds is 4. The summed E-state index contributed by atoms with van der Waals surface area (Å²) in [6, 6.07) is 10.3. The normalized spacial score (nSPS) is 10.5. The van der Waals surface area contributed by atoms with Crippen LogP contribution < -0.4 is 10.1 Å². The topological polar surface area (TPSA) is 57.9 Å². The van der Waals surface area contributed by atoms with Crippen LogP contribution in [0.5, 0.6) is 5.75 Å². The largest absolute Gasteiger partial charge is 0.492 e. The molecule has 126 valence electrons. The molecule has 0 aliphatic heterocycles. The maximum Gasteiger partial charge on any atom is 0.145 e. The molecule has 0 unspecified atom stereocenters. The number of ether oxygens (including phenoxy) is 1. The lowest BCUT2D eigenvalue weighted by Gasteiger charge is -2.16. The smallest absolute Gasteiger partial charge is 0.145 e. The zero-order valence-corrected chi connectivity index (χ0v) is 15.4. The second-order valence-electron chi connectivity index (χ2n) is 5.14. The first-order valence-corrected chi connectivity index (χ1v) is 8.57. The Balaban J connectivity index is 2.20. The van der Waals surface area contributed by atoms with Crippen molar-refractivity contribution in [3.05, 3.63) is 57.4 Å². The minimum absolute atomic E-state index is 0.0380. The summed E-state index contributed by atoms with van der Waals surface area (Å²) in [7, 11) is 0. The highest BCUT2D eigenvalue weighted by atomic mass is 79.9. The van der Waals surface area contributed by atoms with Crippen molar-refractivity contribution in [2.75, 3.05) is 11.9 Å². The van der Waals surface area contributed by atoms with Gasteiger partial charge in [0.05, 0.1) is 34.1 Å². The predicted octanol–water partition coefficient (Wildman–Crippen LogP) is 5.80. The van der Waals surface area contributed by atoms with Crippen LogP contribution in [0.4, 0.5) is 15.8 Å². The lowest BCUT2D eigenvalue weighted by atomic mass is 10.1. The summed E-state index contributed by atoms with van der Waals surface area (Å²) in [6.45, 7) is 2.17. The molecule has 1 N–H and O–H groups in total. The molecule has 3 aromatic rings. The van der Waals surface area contributed by atoms with Crippen LogP contribution in [0.25, 0.3) is 10.9 Å². The van der Waals surface area contributed by atoms with Crippen molar-refractivity contribution in [3.8, 4) is 11.8 Å². The zero-order valence-electron chi connectivity index (χ0n) is 13.1. The van der Waals surface area contributed by atoms with Gasteiger partial charge in [0, 0.05) is 22.1 Å². The van der Waals surface area contributed by atoms with E-state index in [0.717, 1.165) is 15.4 Å². The average molecular weight is 421 g/mol. The maximum absolute atomic E-state index is 13.8. The van der Waals surface area contributed by atoms with Gasteiger partial charge in [0.2, 0.25) is 0 Å². The molecule has 3 rings (SSSR count). The Bertz CT molecular complexity index is 1000. The molecule has 0 atom stereocenters. The fourth-order valence-electron chi connectivity index (χ4n) is 2.42. The van der Waals surface area contributed by atoms with Gasteiger partial charge in [-0.05, 0) is 31.2 Å². The van der Waals surface area contributed by atoms with Crippen molar-refractivity contribution in [3.63, 3.8) is 0 Å². The molecule has 0 bridgehead atoms. The summed E-state index contributed by atoms with van der Waals surface area (Å²) >= 11 is 9.34. The second kappa shape index (κ2) is 7.26. The van der Waals surface area contributed by atoms with Gasteiger partial charge in [-0.25, -0.2) is 4.39 Å². The third kappa shape index (κ3) is 3.53. The van der Waals surface area contributed by atoms with Gasteiger partial charge in [-0.15, -0.1) is 0 Å². The first kappa shape index (κ1) is 17.5. The van der Waals surface area contributed by atoms with E-state index in [1.165, 1.54) is 18.3 Å². The summed E-state index contributed by atoms with van der Waals surface area (Å²) < 4.78 is 20.1. The van der Waals surface area contributed by atoms with Gasteiger partial charge in [-0.2, -0.15) is 5.26 Å². The third-order valence-electron chi connectivity index (χ3n) is 3.53. The van der Waals surface area contributed by atoms with Crippen LogP contribution in [0.2, 0.25) is 5.02 Å². The number of nitrogens with zero attached hydrogens (tertiary/aromatic N) is 2. The summed E-state index contributed by atoms with van der Waals surface area (Å²) in [4.78, 5) is 4.29. The zero-order chi connectivity index (χ0) is 18.0. The van der Waals surface area contributed by atoms with Gasteiger partial charge < -0.3 is 10.1 Å². The molecule has 0 spiro atoms. The van der Waals surface area contributed by atoms with Crippen LogP contribution in [0.1, 0.15) is 12.5 Å². The third-order valence-corrected chi connectivity index (χ3v) is 4.32. The van der Waals surface area contributed by atoms with E-state index in [9.17, 15) is 9.65 Å². The van der Waals surface area contributed by atoms with E-state index in [1.807, 2.05) is 18.2 Å². The molecular weight excluding hydrogens is 409 g/mol. The highest BCUT2D eigenvalue weighted by molar-refractivity contribution is 9.10. The summed E-state index contributed by atoms with van der Waals surface area (Å²) in [5.41, 5.74) is 2.10. The maximum atomic E-state index is 13.8. The van der Waals surface area contributed by atoms with Crippen molar-refractivity contribution in [1.82, 2.24) is 4.98 Å². The van der Waals surface area contributed by atoms with Crippen molar-refractivity contribution in [2.24, 2.45) is 0 Å². The summed E-state index contributed by atoms with van der Waals surface area (Å²) in [6.07, 6.45) is 1.49. The molecule has 1 heterocycles. The molecule has 0 radical (unpaired) electrons. The van der Waals surface area contributed by atoms with Crippen molar-refractivity contribution < 1.29 is 9.13 Å². The van der Waals surface area contributed by atoms with Gasteiger partial charge in [-0.3, -0.25) is 4.98 Å². The van der Waals surface area contributed by atoms with Crippen LogP contribution >= 0.6 is 27.5 Å². The molecule has 0 saturated carbocycles. The van der Waals surface area contributed by atoms with E-state index in [-0.39, 0.29) is 5.02 Å². The lowest BCUT2D eigenvalue weighted by Crippen LogP contribution is -2.01. The second-order valence-corrected chi connectivity index (χ2v) is 6.46. The highest BCUT2D eigenvalue weighted by Crippen LogP contribution is 2.36. The van der Waals surface area contributed by atoms with Gasteiger partial charge in [0.1, 0.15) is 17.6 Å². The molecule has 0 saturated heterocycles. The fourth-order valence-corrected chi connectivity index (χ4v) is 2.94. The Morgan fingerprint density at radius 3 is 2.88 bits per heavy atom. The number of aromatic nitrogens is 1. The Hall–Kier alpha value is -2.36. The van der Waals surface area contributed by atoms with Crippen LogP contribution in [0, 0.1) is 17.1 Å². The predicted molar refractivity (Wildman–Crippen MR) is 100 cm³/mol. The number of hydrogen-bond donors (Lipinski definition) is 1.